The summed E-state index contributed by atoms with van der Waals surface area (Å²) in [7, 11) is 0. The summed E-state index contributed by atoms with van der Waals surface area (Å²) in [6, 6.07) is 6.62. The average Bonchev–Trinajstić information content (AvgIpc) is 2.84. The fourth-order valence-electron chi connectivity index (χ4n) is 3.05. The molecule has 1 fully saturated rings. The third-order valence-corrected chi connectivity index (χ3v) is 3.99. The number of nitrogens with two attached hydrogens (primary N) is 1. The number of piperidine rings is 1. The van der Waals surface area contributed by atoms with Crippen LogP contribution in [0.4, 0.5) is 5.82 Å². The van der Waals surface area contributed by atoms with Crippen molar-refractivity contribution in [2.24, 2.45) is 0 Å². The lowest BCUT2D eigenvalue weighted by atomic mass is 10.00. The van der Waals surface area contributed by atoms with E-state index in [1.165, 1.54) is 12.8 Å². The number of likely N-dealkylation sites (tertiary alicyclic amines) is 1. The van der Waals surface area contributed by atoms with Crippen molar-refractivity contribution in [1.82, 2.24) is 19.5 Å². The largest absolute Gasteiger partial charge is 0.385 e. The van der Waals surface area contributed by atoms with Crippen LogP contribution < -0.4 is 5.73 Å². The minimum Gasteiger partial charge on any atom is -0.385 e. The van der Waals surface area contributed by atoms with Gasteiger partial charge in [-0.2, -0.15) is 0 Å². The molecule has 2 aromatic rings. The molecule has 0 bridgehead atoms. The first kappa shape index (κ1) is 12.4. The summed E-state index contributed by atoms with van der Waals surface area (Å²) >= 11 is 0. The second-order valence-corrected chi connectivity index (χ2v) is 5.55. The van der Waals surface area contributed by atoms with E-state index in [4.69, 9.17) is 5.73 Å². The van der Waals surface area contributed by atoms with Crippen molar-refractivity contribution in [1.29, 1.82) is 0 Å². The fraction of sp³-hybridized carbons (Fsp3) is 0.571. The molecule has 1 saturated heterocycles. The van der Waals surface area contributed by atoms with Crippen LogP contribution in [-0.4, -0.2) is 32.1 Å². The lowest BCUT2D eigenvalue weighted by molar-refractivity contribution is 0.105. The highest BCUT2D eigenvalue weighted by atomic mass is 15.3. The molecular formula is C14H21N5. The zero-order valence-electron chi connectivity index (χ0n) is 11.6. The van der Waals surface area contributed by atoms with Crippen LogP contribution in [0.1, 0.15) is 45.0 Å². The van der Waals surface area contributed by atoms with Crippen LogP contribution in [0, 0.1) is 0 Å². The fourth-order valence-corrected chi connectivity index (χ4v) is 3.05. The lowest BCUT2D eigenvalue weighted by Crippen LogP contribution is -2.39. The predicted octanol–water partition coefficient (Wildman–Crippen LogP) is 2.25. The van der Waals surface area contributed by atoms with Crippen LogP contribution in [0.2, 0.25) is 0 Å². The number of nitrogen functional groups attached to an aromatic ring is 1. The first-order valence-corrected chi connectivity index (χ1v) is 7.03. The molecule has 1 aliphatic heterocycles. The summed E-state index contributed by atoms with van der Waals surface area (Å²) in [6.07, 6.45) is 3.64. The summed E-state index contributed by atoms with van der Waals surface area (Å²) in [6.45, 7) is 5.61. The Balaban J connectivity index is 2.07. The molecule has 3 heterocycles. The Bertz CT molecular complexity index is 574. The maximum Gasteiger partial charge on any atom is 0.162 e. The van der Waals surface area contributed by atoms with Crippen LogP contribution in [0.15, 0.2) is 18.2 Å². The lowest BCUT2D eigenvalue weighted by Gasteiger charge is -2.37. The first-order chi connectivity index (χ1) is 9.18. The van der Waals surface area contributed by atoms with Crippen molar-refractivity contribution in [2.75, 3.05) is 12.3 Å². The zero-order chi connectivity index (χ0) is 13.4. The van der Waals surface area contributed by atoms with Crippen LogP contribution >= 0.6 is 0 Å². The minimum atomic E-state index is 0.327. The maximum atomic E-state index is 6.09. The Morgan fingerprint density at radius 1 is 1.26 bits per heavy atom. The number of fused-ring (bicyclic) bond motifs is 1. The molecule has 2 N–H and O–H groups in total. The van der Waals surface area contributed by atoms with Gasteiger partial charge in [0.15, 0.2) is 11.5 Å². The topological polar surface area (TPSA) is 59.5 Å². The van der Waals surface area contributed by atoms with Gasteiger partial charge in [0, 0.05) is 6.04 Å². The molecule has 3 rings (SSSR count). The molecule has 1 atom stereocenters. The monoisotopic (exact) mass is 259 g/mol. The molecule has 19 heavy (non-hydrogen) atoms. The Morgan fingerprint density at radius 2 is 2.11 bits per heavy atom. The van der Waals surface area contributed by atoms with Gasteiger partial charge in [-0.25, -0.2) is 0 Å². The summed E-state index contributed by atoms with van der Waals surface area (Å²) < 4.78 is 1.99. The highest BCUT2D eigenvalue weighted by Gasteiger charge is 2.29. The Hall–Kier alpha value is -1.62. The smallest absolute Gasteiger partial charge is 0.162 e. The molecule has 0 radical (unpaired) electrons. The van der Waals surface area contributed by atoms with E-state index in [-0.39, 0.29) is 0 Å². The van der Waals surface area contributed by atoms with Crippen LogP contribution in [0.3, 0.4) is 0 Å². The molecule has 0 saturated carbocycles. The van der Waals surface area contributed by atoms with Crippen molar-refractivity contribution in [3.8, 4) is 0 Å². The summed E-state index contributed by atoms with van der Waals surface area (Å²) in [5.41, 5.74) is 6.93. The zero-order valence-corrected chi connectivity index (χ0v) is 11.6. The van der Waals surface area contributed by atoms with Crippen molar-refractivity contribution in [3.05, 3.63) is 24.0 Å². The Labute approximate surface area is 113 Å². The molecule has 5 nitrogen and oxygen atoms in total. The summed E-state index contributed by atoms with van der Waals surface area (Å²) in [4.78, 5) is 2.51. The van der Waals surface area contributed by atoms with Gasteiger partial charge in [0.05, 0.1) is 6.04 Å². The quantitative estimate of drug-likeness (QED) is 0.898. The second-order valence-electron chi connectivity index (χ2n) is 5.55. The molecule has 1 unspecified atom stereocenters. The standard InChI is InChI=1S/C14H21N5/c1-10(2)18-9-4-3-6-11(18)14-17-16-13-8-5-7-12(15)19(13)14/h5,7-8,10-11H,3-4,6,9,15H2,1-2H3. The van der Waals surface area contributed by atoms with Crippen molar-refractivity contribution in [2.45, 2.75) is 45.2 Å². The molecule has 2 aromatic heterocycles. The van der Waals surface area contributed by atoms with E-state index >= 15 is 0 Å². The molecule has 0 aromatic carbocycles. The van der Waals surface area contributed by atoms with E-state index in [0.29, 0.717) is 17.9 Å². The van der Waals surface area contributed by atoms with Gasteiger partial charge in [-0.05, 0) is 45.4 Å². The highest BCUT2D eigenvalue weighted by Crippen LogP contribution is 2.32. The minimum absolute atomic E-state index is 0.327. The van der Waals surface area contributed by atoms with Gasteiger partial charge in [0.2, 0.25) is 0 Å². The predicted molar refractivity (Wildman–Crippen MR) is 75.8 cm³/mol. The second kappa shape index (κ2) is 4.81. The van der Waals surface area contributed by atoms with Gasteiger partial charge >= 0.3 is 0 Å². The first-order valence-electron chi connectivity index (χ1n) is 7.03. The highest BCUT2D eigenvalue weighted by molar-refractivity contribution is 5.48. The number of anilines is 1. The number of nitrogens with zero attached hydrogens (tertiary/aromatic N) is 4. The van der Waals surface area contributed by atoms with Gasteiger partial charge in [-0.1, -0.05) is 12.5 Å². The van der Waals surface area contributed by atoms with E-state index in [1.54, 1.807) is 0 Å². The van der Waals surface area contributed by atoms with Crippen LogP contribution in [-0.2, 0) is 0 Å². The van der Waals surface area contributed by atoms with Gasteiger partial charge in [0.25, 0.3) is 0 Å². The number of rotatable bonds is 2. The number of hydrogen-bond donors (Lipinski definition) is 1. The van der Waals surface area contributed by atoms with Gasteiger partial charge in [0.1, 0.15) is 5.82 Å². The molecule has 0 amide bonds. The van der Waals surface area contributed by atoms with Crippen LogP contribution in [0.25, 0.3) is 5.65 Å². The molecule has 5 heteroatoms. The summed E-state index contributed by atoms with van der Waals surface area (Å²) in [5, 5.41) is 8.66. The SMILES string of the molecule is CC(C)N1CCCCC1c1nnc2cccc(N)n12. The molecule has 102 valence electrons. The number of hydrogen-bond acceptors (Lipinski definition) is 4. The molecule has 0 spiro atoms. The van der Waals surface area contributed by atoms with E-state index in [1.807, 2.05) is 22.6 Å². The third-order valence-electron chi connectivity index (χ3n) is 3.99. The van der Waals surface area contributed by atoms with Crippen molar-refractivity contribution < 1.29 is 0 Å². The Morgan fingerprint density at radius 3 is 2.89 bits per heavy atom. The number of aromatic nitrogens is 3. The Kier molecular flexibility index (Phi) is 3.14. The van der Waals surface area contributed by atoms with Gasteiger partial charge < -0.3 is 5.73 Å². The summed E-state index contributed by atoms with van der Waals surface area (Å²) in [5.74, 6) is 1.70. The third kappa shape index (κ3) is 2.08. The normalized spacial score (nSPS) is 21.3. The van der Waals surface area contributed by atoms with E-state index in [0.717, 1.165) is 24.4 Å². The molecular weight excluding hydrogens is 238 g/mol. The maximum absolute atomic E-state index is 6.09. The molecule has 1 aliphatic rings. The van der Waals surface area contributed by atoms with E-state index in [9.17, 15) is 0 Å². The van der Waals surface area contributed by atoms with E-state index < -0.39 is 0 Å². The number of pyridine rings is 1. The average molecular weight is 259 g/mol. The van der Waals surface area contributed by atoms with Crippen molar-refractivity contribution >= 4 is 11.5 Å². The van der Waals surface area contributed by atoms with Crippen LogP contribution in [0.5, 0.6) is 0 Å². The van der Waals surface area contributed by atoms with Gasteiger partial charge in [-0.15, -0.1) is 10.2 Å². The van der Waals surface area contributed by atoms with Crippen molar-refractivity contribution in [3.63, 3.8) is 0 Å². The molecule has 0 aliphatic carbocycles. The van der Waals surface area contributed by atoms with E-state index in [2.05, 4.69) is 28.9 Å². The van der Waals surface area contributed by atoms with Gasteiger partial charge in [-0.3, -0.25) is 9.30 Å².